The Kier molecular flexibility index (Phi) is 8.63. The highest BCUT2D eigenvalue weighted by molar-refractivity contribution is 6.30. The number of rotatable bonds is 10. The Bertz CT molecular complexity index is 1160. The molecule has 4 rings (SSSR count). The maximum Gasteiger partial charge on any atom is 0.240 e. The molecule has 0 spiro atoms. The van der Waals surface area contributed by atoms with Crippen LogP contribution < -0.4 is 20.4 Å². The molecular formula is C28H31ClN4O2. The molecule has 2 N–H and O–H groups in total. The quantitative estimate of drug-likeness (QED) is 0.219. The third-order valence-corrected chi connectivity index (χ3v) is 6.28. The van der Waals surface area contributed by atoms with Crippen molar-refractivity contribution in [2.45, 2.75) is 32.2 Å². The number of hydrogen-bond acceptors (Lipinski definition) is 5. The number of nitrogens with zero attached hydrogens (tertiary/aromatic N) is 2. The maximum absolute atomic E-state index is 12.1. The smallest absolute Gasteiger partial charge is 0.240 e. The Morgan fingerprint density at radius 1 is 1.14 bits per heavy atom. The van der Waals surface area contributed by atoms with E-state index in [4.69, 9.17) is 16.3 Å². The van der Waals surface area contributed by atoms with Gasteiger partial charge in [0.25, 0.3) is 0 Å². The number of ether oxygens (including phenoxy) is 1. The van der Waals surface area contributed by atoms with Crippen molar-refractivity contribution in [2.24, 2.45) is 5.10 Å². The summed E-state index contributed by atoms with van der Waals surface area (Å²) >= 11 is 5.89. The van der Waals surface area contributed by atoms with Crippen molar-refractivity contribution < 1.29 is 9.53 Å². The largest absolute Gasteiger partial charge is 0.496 e. The van der Waals surface area contributed by atoms with E-state index in [2.05, 4.69) is 51.1 Å². The minimum atomic E-state index is -0.113. The molecule has 3 aromatic rings. The number of carbonyl (C=O) groups excluding carboxylic acids is 1. The van der Waals surface area contributed by atoms with Crippen molar-refractivity contribution in [3.05, 3.63) is 88.4 Å². The Labute approximate surface area is 211 Å². The van der Waals surface area contributed by atoms with E-state index in [1.165, 1.54) is 11.3 Å². The van der Waals surface area contributed by atoms with Gasteiger partial charge in [0.2, 0.25) is 5.91 Å². The Hall–Kier alpha value is -3.51. The Morgan fingerprint density at radius 3 is 2.80 bits per heavy atom. The van der Waals surface area contributed by atoms with Crippen LogP contribution in [0.4, 0.5) is 11.4 Å². The van der Waals surface area contributed by atoms with E-state index in [1.54, 1.807) is 13.3 Å². The summed E-state index contributed by atoms with van der Waals surface area (Å²) < 4.78 is 5.61. The van der Waals surface area contributed by atoms with Crippen LogP contribution in [0.15, 0.2) is 71.8 Å². The average Bonchev–Trinajstić information content (AvgIpc) is 2.88. The van der Waals surface area contributed by atoms with Crippen LogP contribution in [-0.2, 0) is 17.8 Å². The molecule has 0 unspecified atom stereocenters. The SMILES string of the molecule is COc1ccc(/C=N\NC(=O)CCCNc2ccc(Cl)cc2)cc1CN1CCCc2ccccc21. The van der Waals surface area contributed by atoms with Crippen molar-refractivity contribution in [1.82, 2.24) is 5.43 Å². The van der Waals surface area contributed by atoms with E-state index < -0.39 is 0 Å². The van der Waals surface area contributed by atoms with Gasteiger partial charge in [-0.15, -0.1) is 0 Å². The number of hydrazone groups is 1. The molecule has 3 aromatic carbocycles. The van der Waals surface area contributed by atoms with Gasteiger partial charge in [0.1, 0.15) is 5.75 Å². The number of para-hydroxylation sites is 1. The van der Waals surface area contributed by atoms with Gasteiger partial charge in [-0.2, -0.15) is 5.10 Å². The lowest BCUT2D eigenvalue weighted by molar-refractivity contribution is -0.121. The van der Waals surface area contributed by atoms with Gasteiger partial charge in [-0.05, 0) is 78.9 Å². The molecule has 0 atom stereocenters. The first-order valence-corrected chi connectivity index (χ1v) is 12.3. The summed E-state index contributed by atoms with van der Waals surface area (Å²) in [4.78, 5) is 14.5. The van der Waals surface area contributed by atoms with E-state index in [0.717, 1.165) is 48.5 Å². The van der Waals surface area contributed by atoms with E-state index >= 15 is 0 Å². The second kappa shape index (κ2) is 12.3. The van der Waals surface area contributed by atoms with Gasteiger partial charge < -0.3 is 15.0 Å². The van der Waals surface area contributed by atoms with Crippen molar-refractivity contribution >= 4 is 35.1 Å². The number of carbonyl (C=O) groups is 1. The standard InChI is InChI=1S/C28H31ClN4O2/c1-35-27-15-10-21(18-23(27)20-33-17-5-7-22-6-2-3-8-26(22)33)19-31-32-28(34)9-4-16-30-25-13-11-24(29)12-14-25/h2-3,6,8,10-15,18-19,30H,4-5,7,9,16-17,20H2,1H3,(H,32,34)/b31-19-. The van der Waals surface area contributed by atoms with Gasteiger partial charge in [-0.1, -0.05) is 29.8 Å². The van der Waals surface area contributed by atoms with Gasteiger partial charge >= 0.3 is 0 Å². The van der Waals surface area contributed by atoms with Gasteiger partial charge in [-0.25, -0.2) is 5.43 Å². The number of amides is 1. The lowest BCUT2D eigenvalue weighted by Gasteiger charge is -2.31. The second-order valence-corrected chi connectivity index (χ2v) is 8.99. The summed E-state index contributed by atoms with van der Waals surface area (Å²) in [6.07, 6.45) is 5.03. The molecular weight excluding hydrogens is 460 g/mol. The van der Waals surface area contributed by atoms with Crippen LogP contribution in [-0.4, -0.2) is 32.3 Å². The predicted octanol–water partition coefficient (Wildman–Crippen LogP) is 5.64. The van der Waals surface area contributed by atoms with Crippen LogP contribution in [0.2, 0.25) is 5.02 Å². The first kappa shape index (κ1) is 24.6. The number of nitrogens with one attached hydrogen (secondary N) is 2. The molecule has 1 amide bonds. The molecule has 0 bridgehead atoms. The first-order valence-electron chi connectivity index (χ1n) is 11.9. The molecule has 182 valence electrons. The van der Waals surface area contributed by atoms with Crippen LogP contribution >= 0.6 is 11.6 Å². The minimum Gasteiger partial charge on any atom is -0.496 e. The van der Waals surface area contributed by atoms with Crippen LogP contribution in [0.1, 0.15) is 36.0 Å². The minimum absolute atomic E-state index is 0.113. The monoisotopic (exact) mass is 490 g/mol. The summed E-state index contributed by atoms with van der Waals surface area (Å²) in [5, 5.41) is 8.13. The maximum atomic E-state index is 12.1. The third kappa shape index (κ3) is 6.99. The van der Waals surface area contributed by atoms with E-state index in [9.17, 15) is 4.79 Å². The zero-order chi connectivity index (χ0) is 24.5. The fraction of sp³-hybridized carbons (Fsp3) is 0.286. The molecule has 0 radical (unpaired) electrons. The van der Waals surface area contributed by atoms with Crippen LogP contribution in [0.5, 0.6) is 5.75 Å². The number of anilines is 2. The van der Waals surface area contributed by atoms with Crippen LogP contribution in [0, 0.1) is 0 Å². The Morgan fingerprint density at radius 2 is 1.97 bits per heavy atom. The van der Waals surface area contributed by atoms with Gasteiger partial charge in [-0.3, -0.25) is 4.79 Å². The van der Waals surface area contributed by atoms with Crippen LogP contribution in [0.25, 0.3) is 0 Å². The molecule has 0 saturated carbocycles. The zero-order valence-electron chi connectivity index (χ0n) is 20.0. The zero-order valence-corrected chi connectivity index (χ0v) is 20.7. The number of fused-ring (bicyclic) bond motifs is 1. The molecule has 1 aliphatic rings. The number of methoxy groups -OCH3 is 1. The molecule has 1 aliphatic heterocycles. The molecule has 0 saturated heterocycles. The highest BCUT2D eigenvalue weighted by Crippen LogP contribution is 2.30. The van der Waals surface area contributed by atoms with Crippen molar-refractivity contribution in [2.75, 3.05) is 30.4 Å². The lowest BCUT2D eigenvalue weighted by atomic mass is 10.0. The average molecular weight is 491 g/mol. The van der Waals surface area contributed by atoms with Crippen molar-refractivity contribution in [1.29, 1.82) is 0 Å². The number of aryl methyl sites for hydroxylation is 1. The van der Waals surface area contributed by atoms with Crippen molar-refractivity contribution in [3.8, 4) is 5.75 Å². The second-order valence-electron chi connectivity index (χ2n) is 8.56. The van der Waals surface area contributed by atoms with E-state index in [0.29, 0.717) is 24.4 Å². The molecule has 0 aliphatic carbocycles. The van der Waals surface area contributed by atoms with Crippen molar-refractivity contribution in [3.63, 3.8) is 0 Å². The normalized spacial score (nSPS) is 12.9. The van der Waals surface area contributed by atoms with Gasteiger partial charge in [0, 0.05) is 48.0 Å². The number of hydrogen-bond donors (Lipinski definition) is 2. The Balaban J connectivity index is 1.29. The van der Waals surface area contributed by atoms with Crippen LogP contribution in [0.3, 0.4) is 0 Å². The summed E-state index contributed by atoms with van der Waals surface area (Å²) in [6, 6.07) is 22.1. The number of benzene rings is 3. The van der Waals surface area contributed by atoms with Gasteiger partial charge in [0.15, 0.2) is 0 Å². The summed E-state index contributed by atoms with van der Waals surface area (Å²) in [7, 11) is 1.69. The molecule has 35 heavy (non-hydrogen) atoms. The molecule has 6 nitrogen and oxygen atoms in total. The van der Waals surface area contributed by atoms with E-state index in [-0.39, 0.29) is 5.91 Å². The summed E-state index contributed by atoms with van der Waals surface area (Å²) in [6.45, 7) is 2.47. The third-order valence-electron chi connectivity index (χ3n) is 6.03. The fourth-order valence-electron chi connectivity index (χ4n) is 4.27. The number of halogens is 1. The fourth-order valence-corrected chi connectivity index (χ4v) is 4.39. The highest BCUT2D eigenvalue weighted by atomic mass is 35.5. The highest BCUT2D eigenvalue weighted by Gasteiger charge is 2.18. The molecule has 0 fully saturated rings. The topological polar surface area (TPSA) is 66.0 Å². The van der Waals surface area contributed by atoms with Gasteiger partial charge in [0.05, 0.1) is 13.3 Å². The molecule has 0 aromatic heterocycles. The first-order chi connectivity index (χ1) is 17.1. The predicted molar refractivity (Wildman–Crippen MR) is 144 cm³/mol. The van der Waals surface area contributed by atoms with E-state index in [1.807, 2.05) is 36.4 Å². The molecule has 1 heterocycles. The molecule has 7 heteroatoms. The summed E-state index contributed by atoms with van der Waals surface area (Å²) in [5.74, 6) is 0.736. The lowest BCUT2D eigenvalue weighted by Crippen LogP contribution is -2.29. The summed E-state index contributed by atoms with van der Waals surface area (Å²) in [5.41, 5.74) is 8.29.